The van der Waals surface area contributed by atoms with Gasteiger partial charge in [0, 0.05) is 22.7 Å². The number of aromatic nitrogens is 1. The van der Waals surface area contributed by atoms with Gasteiger partial charge in [0.25, 0.3) is 0 Å². The van der Waals surface area contributed by atoms with Crippen LogP contribution in [0.4, 0.5) is 5.69 Å². The molecule has 1 aliphatic rings. The number of aryl methyl sites for hydroxylation is 1. The Hall–Kier alpha value is -3.78. The number of aliphatic imine (C=N–C) groups is 1. The van der Waals surface area contributed by atoms with Crippen molar-refractivity contribution >= 4 is 51.4 Å². The van der Waals surface area contributed by atoms with Crippen LogP contribution in [0.3, 0.4) is 0 Å². The van der Waals surface area contributed by atoms with Gasteiger partial charge in [-0.2, -0.15) is 0 Å². The molecule has 0 radical (unpaired) electrons. The van der Waals surface area contributed by atoms with Crippen molar-refractivity contribution in [1.82, 2.24) is 4.57 Å². The highest BCUT2D eigenvalue weighted by atomic mass is 32.2. The van der Waals surface area contributed by atoms with Gasteiger partial charge in [-0.15, -0.1) is 0 Å². The number of methoxy groups -OCH3 is 1. The summed E-state index contributed by atoms with van der Waals surface area (Å²) >= 11 is 1.20. The van der Waals surface area contributed by atoms with Crippen molar-refractivity contribution in [3.05, 3.63) is 82.1 Å². The van der Waals surface area contributed by atoms with Gasteiger partial charge in [0.15, 0.2) is 0 Å². The average molecular weight is 477 g/mol. The van der Waals surface area contributed by atoms with Crippen LogP contribution in [0.5, 0.6) is 0 Å². The number of carbonyl (C=O) groups is 2. The van der Waals surface area contributed by atoms with E-state index in [-0.39, 0.29) is 30.5 Å². The third-order valence-corrected chi connectivity index (χ3v) is 6.29. The Morgan fingerprint density at radius 2 is 1.88 bits per heavy atom. The van der Waals surface area contributed by atoms with Gasteiger partial charge in [0.2, 0.25) is 0 Å². The van der Waals surface area contributed by atoms with E-state index in [1.54, 1.807) is 17.6 Å². The minimum absolute atomic E-state index is 0.0389. The molecule has 0 fully saturated rings. The quantitative estimate of drug-likeness (QED) is 0.485. The van der Waals surface area contributed by atoms with Crippen LogP contribution in [0.2, 0.25) is 0 Å². The lowest BCUT2D eigenvalue weighted by Crippen LogP contribution is -2.12. The molecular weight excluding hydrogens is 452 g/mol. The van der Waals surface area contributed by atoms with E-state index in [1.165, 1.54) is 18.9 Å². The van der Waals surface area contributed by atoms with Crippen LogP contribution in [0.25, 0.3) is 17.0 Å². The second-order valence-corrected chi connectivity index (χ2v) is 8.64. The number of nitrogens with zero attached hydrogens (tertiary/aromatic N) is 2. The Morgan fingerprint density at radius 3 is 2.59 bits per heavy atom. The zero-order valence-electron chi connectivity index (χ0n) is 19.1. The molecule has 4 rings (SSSR count). The fourth-order valence-electron chi connectivity index (χ4n) is 3.59. The maximum Gasteiger partial charge on any atom is 0.344 e. The van der Waals surface area contributed by atoms with Crippen molar-refractivity contribution in [2.75, 3.05) is 13.7 Å². The van der Waals surface area contributed by atoms with E-state index in [0.29, 0.717) is 15.6 Å². The van der Waals surface area contributed by atoms with E-state index in [0.717, 1.165) is 22.0 Å². The molecule has 8 heteroatoms. The molecule has 2 heterocycles. The minimum atomic E-state index is -0.630. The lowest BCUT2D eigenvalue weighted by Gasteiger charge is -2.04. The molecule has 2 aromatic carbocycles. The average Bonchev–Trinajstić information content (AvgIpc) is 3.32. The number of aliphatic hydroxyl groups excluding tert-OH is 1. The summed E-state index contributed by atoms with van der Waals surface area (Å²) in [5, 5.41) is 12.3. The smallest absolute Gasteiger partial charge is 0.344 e. The molecule has 174 valence electrons. The second-order valence-electron chi connectivity index (χ2n) is 7.61. The van der Waals surface area contributed by atoms with Gasteiger partial charge < -0.3 is 19.1 Å². The number of rotatable bonds is 6. The second kappa shape index (κ2) is 10.0. The van der Waals surface area contributed by atoms with E-state index in [4.69, 9.17) is 9.47 Å². The minimum Gasteiger partial charge on any atom is -0.506 e. The van der Waals surface area contributed by atoms with Crippen molar-refractivity contribution in [3.63, 3.8) is 0 Å². The number of ether oxygens (including phenoxy) is 2. The third-order valence-electron chi connectivity index (χ3n) is 5.27. The van der Waals surface area contributed by atoms with Gasteiger partial charge in [-0.25, -0.2) is 9.79 Å². The summed E-state index contributed by atoms with van der Waals surface area (Å²) in [5.41, 5.74) is 3.44. The first kappa shape index (κ1) is 23.4. The van der Waals surface area contributed by atoms with E-state index in [2.05, 4.69) is 4.99 Å². The Bertz CT molecular complexity index is 1350. The lowest BCUT2D eigenvalue weighted by molar-refractivity contribution is -0.141. The van der Waals surface area contributed by atoms with Crippen LogP contribution >= 0.6 is 11.8 Å². The first-order chi connectivity index (χ1) is 16.4. The number of esters is 2. The number of carbonyl (C=O) groups excluding carboxylic acids is 2. The van der Waals surface area contributed by atoms with E-state index in [1.807, 2.05) is 61.7 Å². The third kappa shape index (κ3) is 4.77. The van der Waals surface area contributed by atoms with Crippen LogP contribution in [-0.2, 0) is 25.6 Å². The summed E-state index contributed by atoms with van der Waals surface area (Å²) < 4.78 is 11.8. The van der Waals surface area contributed by atoms with Crippen LogP contribution in [0.1, 0.15) is 18.1 Å². The number of hydrogen-bond acceptors (Lipinski definition) is 7. The largest absolute Gasteiger partial charge is 0.506 e. The number of aliphatic hydroxyl groups is 1. The summed E-state index contributed by atoms with van der Waals surface area (Å²) in [5.74, 6) is -1.18. The predicted octanol–water partition coefficient (Wildman–Crippen LogP) is 5.32. The van der Waals surface area contributed by atoms with Crippen LogP contribution in [-0.4, -0.2) is 40.4 Å². The van der Waals surface area contributed by atoms with Gasteiger partial charge >= 0.3 is 11.9 Å². The monoisotopic (exact) mass is 476 g/mol. The Morgan fingerprint density at radius 1 is 1.15 bits per heavy atom. The maximum absolute atomic E-state index is 12.7. The van der Waals surface area contributed by atoms with Gasteiger partial charge in [-0.05, 0) is 38.1 Å². The van der Waals surface area contributed by atoms with E-state index in [9.17, 15) is 14.7 Å². The molecule has 0 bridgehead atoms. The van der Waals surface area contributed by atoms with Gasteiger partial charge in [-0.1, -0.05) is 47.7 Å². The first-order valence-corrected chi connectivity index (χ1v) is 11.5. The van der Waals surface area contributed by atoms with Gasteiger partial charge in [0.1, 0.15) is 22.9 Å². The molecule has 1 aliphatic heterocycles. The molecule has 34 heavy (non-hydrogen) atoms. The number of thioether (sulfide) groups is 1. The first-order valence-electron chi connectivity index (χ1n) is 10.7. The fourth-order valence-corrected chi connectivity index (χ4v) is 4.62. The molecule has 0 saturated carbocycles. The van der Waals surface area contributed by atoms with Gasteiger partial charge in [-0.3, -0.25) is 4.79 Å². The Kier molecular flexibility index (Phi) is 6.88. The standard InChI is InChI=1S/C26H24N2O5S/c1-4-33-26(31)23-24(30)21(34-25(23)27-18-11-9-16(2)10-12-18)13-17-14-28(15-22(29)32-3)20-8-6-5-7-19(17)20/h5-14,30H,4,15H2,1-3H3/b21-13-,27-25?. The van der Waals surface area contributed by atoms with Crippen LogP contribution in [0, 0.1) is 6.92 Å². The number of hydrogen-bond donors (Lipinski definition) is 1. The fraction of sp³-hybridized carbons (Fsp3) is 0.192. The topological polar surface area (TPSA) is 90.1 Å². The molecule has 0 atom stereocenters. The predicted molar refractivity (Wildman–Crippen MR) is 134 cm³/mol. The van der Waals surface area contributed by atoms with Gasteiger partial charge in [0.05, 0.1) is 24.3 Å². The molecule has 1 N–H and O–H groups in total. The molecule has 3 aromatic rings. The highest BCUT2D eigenvalue weighted by Crippen LogP contribution is 2.41. The van der Waals surface area contributed by atoms with Crippen molar-refractivity contribution in [2.24, 2.45) is 4.99 Å². The zero-order valence-corrected chi connectivity index (χ0v) is 19.9. The molecular formula is C26H24N2O5S. The molecule has 0 aliphatic carbocycles. The molecule has 0 unspecified atom stereocenters. The molecule has 0 spiro atoms. The van der Waals surface area contributed by atoms with Crippen molar-refractivity contribution in [3.8, 4) is 0 Å². The summed E-state index contributed by atoms with van der Waals surface area (Å²) in [6.07, 6.45) is 3.61. The number of para-hydroxylation sites is 1. The normalized spacial score (nSPS) is 16.0. The van der Waals surface area contributed by atoms with Crippen LogP contribution in [0.15, 0.2) is 76.0 Å². The highest BCUT2D eigenvalue weighted by Gasteiger charge is 2.33. The van der Waals surface area contributed by atoms with E-state index < -0.39 is 5.97 Å². The van der Waals surface area contributed by atoms with Crippen molar-refractivity contribution in [1.29, 1.82) is 0 Å². The summed E-state index contributed by atoms with van der Waals surface area (Å²) in [6, 6.07) is 15.2. The summed E-state index contributed by atoms with van der Waals surface area (Å²) in [7, 11) is 1.35. The number of benzene rings is 2. The molecule has 1 aromatic heterocycles. The van der Waals surface area contributed by atoms with E-state index >= 15 is 0 Å². The summed E-state index contributed by atoms with van der Waals surface area (Å²) in [4.78, 5) is 29.6. The Labute approximate surface area is 201 Å². The van der Waals surface area contributed by atoms with Crippen LogP contribution < -0.4 is 0 Å². The number of fused-ring (bicyclic) bond motifs is 1. The Balaban J connectivity index is 1.79. The molecule has 7 nitrogen and oxygen atoms in total. The van der Waals surface area contributed by atoms with Crippen molar-refractivity contribution in [2.45, 2.75) is 20.4 Å². The maximum atomic E-state index is 12.7. The molecule has 0 amide bonds. The summed E-state index contributed by atoms with van der Waals surface area (Å²) in [6.45, 7) is 3.93. The SMILES string of the molecule is CCOC(=O)C1=C(O)/C(=C/c2cn(CC(=O)OC)c3ccccc23)SC1=Nc1ccc(C)cc1. The lowest BCUT2D eigenvalue weighted by atomic mass is 10.1. The highest BCUT2D eigenvalue weighted by molar-refractivity contribution is 8.18. The molecule has 0 saturated heterocycles. The van der Waals surface area contributed by atoms with Crippen molar-refractivity contribution < 1.29 is 24.2 Å². The zero-order chi connectivity index (χ0) is 24.2.